The summed E-state index contributed by atoms with van der Waals surface area (Å²) in [6, 6.07) is 8.75. The monoisotopic (exact) mass is 330 g/mol. The van der Waals surface area contributed by atoms with E-state index in [9.17, 15) is 0 Å². The fourth-order valence-corrected chi connectivity index (χ4v) is 2.66. The van der Waals surface area contributed by atoms with Crippen LogP contribution < -0.4 is 0 Å². The van der Waals surface area contributed by atoms with Gasteiger partial charge < -0.3 is 14.2 Å². The van der Waals surface area contributed by atoms with Crippen molar-refractivity contribution in [1.29, 1.82) is 0 Å². The molecule has 1 aliphatic heterocycles. The lowest BCUT2D eigenvalue weighted by Crippen LogP contribution is -2.33. The molecule has 0 spiro atoms. The maximum absolute atomic E-state index is 5.91. The molecule has 1 aliphatic rings. The van der Waals surface area contributed by atoms with E-state index in [4.69, 9.17) is 14.2 Å². The second kappa shape index (κ2) is 11.2. The van der Waals surface area contributed by atoms with Gasteiger partial charge in [0.15, 0.2) is 6.29 Å². The number of hydrogen-bond acceptors (Lipinski definition) is 3. The van der Waals surface area contributed by atoms with Crippen LogP contribution in [0.25, 0.3) is 0 Å². The van der Waals surface area contributed by atoms with Crippen molar-refractivity contribution in [2.24, 2.45) is 0 Å². The fraction of sp³-hybridized carbons (Fsp3) is 0.524. The lowest BCUT2D eigenvalue weighted by Gasteiger charge is -2.29. The highest BCUT2D eigenvalue weighted by Crippen LogP contribution is 2.24. The summed E-state index contributed by atoms with van der Waals surface area (Å²) in [7, 11) is 0. The second-order valence-corrected chi connectivity index (χ2v) is 6.07. The van der Waals surface area contributed by atoms with Gasteiger partial charge in [0.2, 0.25) is 0 Å². The Kier molecular flexibility index (Phi) is 8.82. The molecule has 1 heterocycles. The highest BCUT2D eigenvalue weighted by molar-refractivity contribution is 5.24. The van der Waals surface area contributed by atoms with E-state index in [2.05, 4.69) is 31.2 Å². The van der Waals surface area contributed by atoms with E-state index in [1.165, 1.54) is 30.4 Å². The van der Waals surface area contributed by atoms with Crippen LogP contribution in [0.3, 0.4) is 0 Å². The molecule has 24 heavy (non-hydrogen) atoms. The Balaban J connectivity index is 1.71. The van der Waals surface area contributed by atoms with E-state index in [-0.39, 0.29) is 12.4 Å². The number of rotatable bonds is 9. The molecule has 0 saturated carbocycles. The average Bonchev–Trinajstić information content (AvgIpc) is 2.63. The summed E-state index contributed by atoms with van der Waals surface area (Å²) in [5.74, 6) is 0. The third-order valence-corrected chi connectivity index (χ3v) is 4.11. The number of unbranched alkanes of at least 4 members (excludes halogenated alkanes) is 2. The molecule has 1 fully saturated rings. The Bertz CT molecular complexity index is 496. The molecule has 2 rings (SSSR count). The molecule has 0 unspecified atom stereocenters. The van der Waals surface area contributed by atoms with Crippen molar-refractivity contribution in [3.8, 4) is 0 Å². The van der Waals surface area contributed by atoms with Crippen LogP contribution in [-0.4, -0.2) is 26.1 Å². The van der Waals surface area contributed by atoms with Gasteiger partial charge in [-0.25, -0.2) is 0 Å². The average molecular weight is 330 g/mol. The van der Waals surface area contributed by atoms with Gasteiger partial charge >= 0.3 is 0 Å². The summed E-state index contributed by atoms with van der Waals surface area (Å²) in [5, 5.41) is 0. The summed E-state index contributed by atoms with van der Waals surface area (Å²) < 4.78 is 17.3. The van der Waals surface area contributed by atoms with Crippen LogP contribution in [0.5, 0.6) is 0 Å². The van der Waals surface area contributed by atoms with Crippen molar-refractivity contribution in [2.75, 3.05) is 19.8 Å². The van der Waals surface area contributed by atoms with Crippen molar-refractivity contribution >= 4 is 0 Å². The molecule has 0 amide bonds. The van der Waals surface area contributed by atoms with Crippen LogP contribution in [0.15, 0.2) is 48.6 Å². The van der Waals surface area contributed by atoms with Gasteiger partial charge in [0, 0.05) is 0 Å². The van der Waals surface area contributed by atoms with Gasteiger partial charge in [-0.15, -0.1) is 0 Å². The van der Waals surface area contributed by atoms with Gasteiger partial charge in [0.25, 0.3) is 0 Å². The minimum atomic E-state index is -0.273. The molecule has 0 bridgehead atoms. The van der Waals surface area contributed by atoms with Gasteiger partial charge in [0.05, 0.1) is 19.8 Å². The Morgan fingerprint density at radius 2 is 1.92 bits per heavy atom. The van der Waals surface area contributed by atoms with Gasteiger partial charge in [-0.1, -0.05) is 68.3 Å². The zero-order valence-electron chi connectivity index (χ0n) is 14.9. The first-order valence-electron chi connectivity index (χ1n) is 9.05. The van der Waals surface area contributed by atoms with Crippen molar-refractivity contribution in [2.45, 2.75) is 51.9 Å². The number of hydrogen-bond donors (Lipinski definition) is 0. The van der Waals surface area contributed by atoms with E-state index in [0.29, 0.717) is 19.8 Å². The first kappa shape index (κ1) is 18.9. The van der Waals surface area contributed by atoms with E-state index in [0.717, 1.165) is 6.42 Å². The lowest BCUT2D eigenvalue weighted by molar-refractivity contribution is -0.232. The highest BCUT2D eigenvalue weighted by Gasteiger charge is 2.23. The van der Waals surface area contributed by atoms with Crippen LogP contribution in [0, 0.1) is 0 Å². The van der Waals surface area contributed by atoms with Crippen LogP contribution >= 0.6 is 0 Å². The zero-order chi connectivity index (χ0) is 17.0. The number of aryl methyl sites for hydroxylation is 1. The predicted molar refractivity (Wildman–Crippen MR) is 98.0 cm³/mol. The molecule has 2 atom stereocenters. The quantitative estimate of drug-likeness (QED) is 0.472. The minimum Gasteiger partial charge on any atom is -0.366 e. The number of ether oxygens (including phenoxy) is 3. The topological polar surface area (TPSA) is 27.7 Å². The maximum atomic E-state index is 5.91. The highest BCUT2D eigenvalue weighted by atomic mass is 16.7. The summed E-state index contributed by atoms with van der Waals surface area (Å²) in [5.41, 5.74) is 2.58. The summed E-state index contributed by atoms with van der Waals surface area (Å²) in [6.07, 6.45) is 12.6. The minimum absolute atomic E-state index is 0.00751. The molecule has 3 heteroatoms. The molecule has 3 nitrogen and oxygen atoms in total. The SMILES string of the molecule is C/C=C/C=C/CO[C@@H]1CO[C@@H](c2ccc(CCCCC)cc2)CO1. The lowest BCUT2D eigenvalue weighted by atomic mass is 10.0. The second-order valence-electron chi connectivity index (χ2n) is 6.07. The van der Waals surface area contributed by atoms with E-state index in [1.54, 1.807) is 0 Å². The Hall–Kier alpha value is -1.42. The normalized spacial score (nSPS) is 21.8. The summed E-state index contributed by atoms with van der Waals surface area (Å²) in [4.78, 5) is 0. The molecule has 132 valence electrons. The van der Waals surface area contributed by atoms with Gasteiger partial charge in [-0.2, -0.15) is 0 Å². The van der Waals surface area contributed by atoms with Crippen LogP contribution in [0.2, 0.25) is 0 Å². The molecule has 0 aromatic heterocycles. The molecular formula is C21H30O3. The van der Waals surface area contributed by atoms with Crippen LogP contribution in [0.4, 0.5) is 0 Å². The zero-order valence-corrected chi connectivity index (χ0v) is 14.9. The van der Waals surface area contributed by atoms with Crippen molar-refractivity contribution < 1.29 is 14.2 Å². The first-order valence-corrected chi connectivity index (χ1v) is 9.05. The van der Waals surface area contributed by atoms with Crippen LogP contribution in [-0.2, 0) is 20.6 Å². The molecule has 0 aliphatic carbocycles. The van der Waals surface area contributed by atoms with Gasteiger partial charge in [0.1, 0.15) is 6.10 Å². The van der Waals surface area contributed by atoms with Crippen molar-refractivity contribution in [3.63, 3.8) is 0 Å². The number of allylic oxidation sites excluding steroid dienone is 3. The largest absolute Gasteiger partial charge is 0.366 e. The standard InChI is InChI=1S/C21H30O3/c1-3-5-7-9-15-22-21-17-23-20(16-24-21)19-13-11-18(12-14-19)10-8-6-4-2/h3,5,7,9,11-14,20-21H,4,6,8,10,15-17H2,1-2H3/b5-3+,9-7+/t20-,21+/m1/s1. The third kappa shape index (κ3) is 6.60. The maximum Gasteiger partial charge on any atom is 0.181 e. The molecular weight excluding hydrogens is 300 g/mol. The summed E-state index contributed by atoms with van der Waals surface area (Å²) >= 11 is 0. The van der Waals surface area contributed by atoms with E-state index in [1.807, 2.05) is 31.2 Å². The van der Waals surface area contributed by atoms with Crippen molar-refractivity contribution in [3.05, 3.63) is 59.7 Å². The van der Waals surface area contributed by atoms with Gasteiger partial charge in [-0.05, 0) is 30.9 Å². The van der Waals surface area contributed by atoms with Crippen molar-refractivity contribution in [1.82, 2.24) is 0 Å². The Morgan fingerprint density at radius 3 is 2.58 bits per heavy atom. The smallest absolute Gasteiger partial charge is 0.181 e. The molecule has 0 N–H and O–H groups in total. The summed E-state index contributed by atoms with van der Waals surface area (Å²) in [6.45, 7) is 5.77. The third-order valence-electron chi connectivity index (χ3n) is 4.11. The van der Waals surface area contributed by atoms with E-state index >= 15 is 0 Å². The van der Waals surface area contributed by atoms with E-state index < -0.39 is 0 Å². The van der Waals surface area contributed by atoms with Gasteiger partial charge in [-0.3, -0.25) is 0 Å². The first-order chi connectivity index (χ1) is 11.8. The fourth-order valence-electron chi connectivity index (χ4n) is 2.66. The number of benzene rings is 1. The predicted octanol–water partition coefficient (Wildman–Crippen LogP) is 4.98. The molecule has 0 radical (unpaired) electrons. The molecule has 1 saturated heterocycles. The Labute approximate surface area is 146 Å². The van der Waals surface area contributed by atoms with Crippen LogP contribution in [0.1, 0.15) is 50.3 Å². The molecule has 1 aromatic carbocycles. The molecule has 1 aromatic rings. The Morgan fingerprint density at radius 1 is 1.08 bits per heavy atom.